The van der Waals surface area contributed by atoms with Crippen molar-refractivity contribution in [2.75, 3.05) is 39.4 Å². The van der Waals surface area contributed by atoms with Gasteiger partial charge in [-0.15, -0.1) is 0 Å². The molecular weight excluding hydrogens is 328 g/mol. The van der Waals surface area contributed by atoms with Crippen molar-refractivity contribution < 1.29 is 9.53 Å². The lowest BCUT2D eigenvalue weighted by Crippen LogP contribution is -2.56. The second-order valence-corrected chi connectivity index (χ2v) is 7.44. The standard InChI is InChI=1S/C20H30N4O2/c1-20(2,24-12-14-26-15-13-24)16-22-19(25)21-9-5-10-23-11-8-17-6-3-4-7-18(17)23/h3-4,6-8,11H,5,9-10,12-16H2,1-2H3,(H2,21,22,25). The Bertz CT molecular complexity index is 719. The van der Waals surface area contributed by atoms with Crippen molar-refractivity contribution in [2.45, 2.75) is 32.4 Å². The molecule has 0 radical (unpaired) electrons. The first-order valence-electron chi connectivity index (χ1n) is 9.45. The molecule has 0 spiro atoms. The predicted molar refractivity (Wildman–Crippen MR) is 104 cm³/mol. The molecule has 2 N–H and O–H groups in total. The van der Waals surface area contributed by atoms with Gasteiger partial charge in [-0.2, -0.15) is 0 Å². The molecule has 0 saturated carbocycles. The molecule has 0 unspecified atom stereocenters. The van der Waals surface area contributed by atoms with Crippen molar-refractivity contribution in [1.82, 2.24) is 20.1 Å². The Morgan fingerprint density at radius 2 is 1.92 bits per heavy atom. The largest absolute Gasteiger partial charge is 0.379 e. The summed E-state index contributed by atoms with van der Waals surface area (Å²) in [5.74, 6) is 0. The van der Waals surface area contributed by atoms with Crippen LogP contribution in [0.3, 0.4) is 0 Å². The van der Waals surface area contributed by atoms with Gasteiger partial charge in [-0.3, -0.25) is 4.90 Å². The van der Waals surface area contributed by atoms with Gasteiger partial charge in [-0.05, 0) is 37.8 Å². The van der Waals surface area contributed by atoms with E-state index in [0.29, 0.717) is 13.1 Å². The number of amides is 2. The summed E-state index contributed by atoms with van der Waals surface area (Å²) in [5.41, 5.74) is 1.18. The minimum atomic E-state index is -0.0938. The average molecular weight is 358 g/mol. The van der Waals surface area contributed by atoms with Crippen molar-refractivity contribution in [2.24, 2.45) is 0 Å². The van der Waals surface area contributed by atoms with E-state index in [0.717, 1.165) is 39.3 Å². The summed E-state index contributed by atoms with van der Waals surface area (Å²) in [6, 6.07) is 10.4. The molecule has 0 bridgehead atoms. The second-order valence-electron chi connectivity index (χ2n) is 7.44. The van der Waals surface area contributed by atoms with Crippen LogP contribution >= 0.6 is 0 Å². The van der Waals surface area contributed by atoms with Crippen molar-refractivity contribution in [3.63, 3.8) is 0 Å². The fourth-order valence-electron chi connectivity index (χ4n) is 3.43. The summed E-state index contributed by atoms with van der Waals surface area (Å²) in [6.07, 6.45) is 3.01. The molecule has 1 aromatic heterocycles. The van der Waals surface area contributed by atoms with E-state index >= 15 is 0 Å². The third-order valence-corrected chi connectivity index (χ3v) is 5.09. The first kappa shape index (κ1) is 18.7. The average Bonchev–Trinajstić information content (AvgIpc) is 3.08. The maximum Gasteiger partial charge on any atom is 0.314 e. The minimum Gasteiger partial charge on any atom is -0.379 e. The van der Waals surface area contributed by atoms with E-state index < -0.39 is 0 Å². The van der Waals surface area contributed by atoms with Gasteiger partial charge in [0.15, 0.2) is 0 Å². The monoisotopic (exact) mass is 358 g/mol. The topological polar surface area (TPSA) is 58.5 Å². The number of hydrogen-bond acceptors (Lipinski definition) is 3. The van der Waals surface area contributed by atoms with Crippen LogP contribution in [0.4, 0.5) is 4.79 Å². The number of aryl methyl sites for hydroxylation is 1. The fraction of sp³-hybridized carbons (Fsp3) is 0.550. The summed E-state index contributed by atoms with van der Waals surface area (Å²) >= 11 is 0. The van der Waals surface area contributed by atoms with E-state index in [2.05, 4.69) is 70.5 Å². The van der Waals surface area contributed by atoms with Crippen LogP contribution in [0.5, 0.6) is 0 Å². The maximum absolute atomic E-state index is 12.1. The number of hydrogen-bond donors (Lipinski definition) is 2. The lowest BCUT2D eigenvalue weighted by Gasteiger charge is -2.40. The molecule has 2 heterocycles. The normalized spacial score (nSPS) is 15.9. The van der Waals surface area contributed by atoms with E-state index in [1.165, 1.54) is 10.9 Å². The summed E-state index contributed by atoms with van der Waals surface area (Å²) in [5, 5.41) is 7.22. The first-order valence-corrected chi connectivity index (χ1v) is 9.45. The molecule has 142 valence electrons. The Morgan fingerprint density at radius 3 is 2.73 bits per heavy atom. The second kappa shape index (κ2) is 8.56. The van der Waals surface area contributed by atoms with Crippen molar-refractivity contribution in [3.05, 3.63) is 36.5 Å². The molecule has 6 nitrogen and oxygen atoms in total. The summed E-state index contributed by atoms with van der Waals surface area (Å²) in [4.78, 5) is 14.4. The zero-order valence-corrected chi connectivity index (χ0v) is 15.8. The van der Waals surface area contributed by atoms with Crippen LogP contribution in [0.15, 0.2) is 36.5 Å². The van der Waals surface area contributed by atoms with Crippen LogP contribution in [0.25, 0.3) is 10.9 Å². The van der Waals surface area contributed by atoms with E-state index in [1.54, 1.807) is 0 Å². The zero-order valence-electron chi connectivity index (χ0n) is 15.8. The van der Waals surface area contributed by atoms with Gasteiger partial charge in [0.25, 0.3) is 0 Å². The molecule has 3 rings (SSSR count). The van der Waals surface area contributed by atoms with Crippen LogP contribution < -0.4 is 10.6 Å². The highest BCUT2D eigenvalue weighted by molar-refractivity contribution is 5.79. The van der Waals surface area contributed by atoms with Gasteiger partial charge >= 0.3 is 6.03 Å². The van der Waals surface area contributed by atoms with Gasteiger partial charge < -0.3 is 19.9 Å². The zero-order chi connectivity index (χ0) is 18.4. The lowest BCUT2D eigenvalue weighted by molar-refractivity contribution is -0.00874. The summed E-state index contributed by atoms with van der Waals surface area (Å²) in [6.45, 7) is 9.88. The number of nitrogens with one attached hydrogen (secondary N) is 2. The Kier molecular flexibility index (Phi) is 6.16. The number of benzene rings is 1. The summed E-state index contributed by atoms with van der Waals surface area (Å²) < 4.78 is 7.63. The molecule has 6 heteroatoms. The third kappa shape index (κ3) is 4.77. The van der Waals surface area contributed by atoms with Gasteiger partial charge in [0, 0.05) is 50.0 Å². The number of para-hydroxylation sites is 1. The maximum atomic E-state index is 12.1. The molecule has 26 heavy (non-hydrogen) atoms. The van der Waals surface area contributed by atoms with Gasteiger partial charge in [0.2, 0.25) is 0 Å². The van der Waals surface area contributed by atoms with Gasteiger partial charge in [0.05, 0.1) is 13.2 Å². The van der Waals surface area contributed by atoms with Gasteiger partial charge in [-0.25, -0.2) is 4.79 Å². The number of urea groups is 1. The predicted octanol–water partition coefficient (Wildman–Crippen LogP) is 2.44. The Hall–Kier alpha value is -2.05. The van der Waals surface area contributed by atoms with Crippen molar-refractivity contribution in [1.29, 1.82) is 0 Å². The number of carbonyl (C=O) groups excluding carboxylic acids is 1. The molecule has 0 aliphatic carbocycles. The Morgan fingerprint density at radius 1 is 1.15 bits per heavy atom. The van der Waals surface area contributed by atoms with Crippen LogP contribution in [0, 0.1) is 0 Å². The molecular formula is C20H30N4O2. The number of carbonyl (C=O) groups is 1. The van der Waals surface area contributed by atoms with E-state index in [9.17, 15) is 4.79 Å². The number of morpholine rings is 1. The molecule has 1 fully saturated rings. The fourth-order valence-corrected chi connectivity index (χ4v) is 3.43. The molecule has 2 aromatic rings. The van der Waals surface area contributed by atoms with E-state index in [1.807, 2.05) is 0 Å². The van der Waals surface area contributed by atoms with Crippen LogP contribution in [-0.4, -0.2) is 60.4 Å². The van der Waals surface area contributed by atoms with Gasteiger partial charge in [-0.1, -0.05) is 18.2 Å². The van der Waals surface area contributed by atoms with Crippen molar-refractivity contribution >= 4 is 16.9 Å². The highest BCUT2D eigenvalue weighted by atomic mass is 16.5. The number of ether oxygens (including phenoxy) is 1. The molecule has 1 saturated heterocycles. The molecule has 2 amide bonds. The SMILES string of the molecule is CC(C)(CNC(=O)NCCCn1ccc2ccccc21)N1CCOCC1. The van der Waals surface area contributed by atoms with Gasteiger partial charge in [0.1, 0.15) is 0 Å². The number of nitrogens with zero attached hydrogens (tertiary/aromatic N) is 2. The highest BCUT2D eigenvalue weighted by Crippen LogP contribution is 2.16. The number of aromatic nitrogens is 1. The van der Waals surface area contributed by atoms with Crippen LogP contribution in [0.1, 0.15) is 20.3 Å². The number of rotatable bonds is 7. The molecule has 1 aromatic carbocycles. The first-order chi connectivity index (χ1) is 12.6. The molecule has 0 atom stereocenters. The van der Waals surface area contributed by atoms with E-state index in [4.69, 9.17) is 4.74 Å². The minimum absolute atomic E-state index is 0.0643. The molecule has 1 aliphatic heterocycles. The smallest absolute Gasteiger partial charge is 0.314 e. The van der Waals surface area contributed by atoms with Crippen LogP contribution in [0.2, 0.25) is 0 Å². The summed E-state index contributed by atoms with van der Waals surface area (Å²) in [7, 11) is 0. The quantitative estimate of drug-likeness (QED) is 0.748. The Labute approximate surface area is 155 Å². The molecule has 1 aliphatic rings. The van der Waals surface area contributed by atoms with Crippen molar-refractivity contribution in [3.8, 4) is 0 Å². The highest BCUT2D eigenvalue weighted by Gasteiger charge is 2.28. The number of fused-ring (bicyclic) bond motifs is 1. The third-order valence-electron chi connectivity index (χ3n) is 5.09. The van der Waals surface area contributed by atoms with Crippen LogP contribution in [-0.2, 0) is 11.3 Å². The Balaban J connectivity index is 1.36. The van der Waals surface area contributed by atoms with E-state index in [-0.39, 0.29) is 11.6 Å². The lowest BCUT2D eigenvalue weighted by atomic mass is 10.0.